The number of ether oxygens (including phenoxy) is 1. The molecule has 0 saturated carbocycles. The van der Waals surface area contributed by atoms with Crippen molar-refractivity contribution in [2.45, 2.75) is 38.8 Å². The quantitative estimate of drug-likeness (QED) is 0.624. The summed E-state index contributed by atoms with van der Waals surface area (Å²) in [4.78, 5) is 24.5. The number of carbonyl (C=O) groups excluding carboxylic acids is 2. The lowest BCUT2D eigenvalue weighted by Crippen LogP contribution is -2.45. The third-order valence-corrected chi connectivity index (χ3v) is 2.80. The first-order valence-corrected chi connectivity index (χ1v) is 4.92. The first-order chi connectivity index (χ1) is 6.57. The van der Waals surface area contributed by atoms with Gasteiger partial charge in [-0.25, -0.2) is 0 Å². The molecule has 4 nitrogen and oxygen atoms in total. The van der Waals surface area contributed by atoms with Crippen LogP contribution in [0.15, 0.2) is 0 Å². The van der Waals surface area contributed by atoms with Gasteiger partial charge in [0.05, 0.1) is 13.2 Å². The maximum Gasteiger partial charge on any atom is 0.322 e. The molecular weight excluding hydrogens is 182 g/mol. The molecule has 14 heavy (non-hydrogen) atoms. The second kappa shape index (κ2) is 4.55. The summed E-state index contributed by atoms with van der Waals surface area (Å²) in [5.74, 6) is -0.128. The Morgan fingerprint density at radius 3 is 2.64 bits per heavy atom. The Kier molecular flexibility index (Phi) is 3.63. The maximum atomic E-state index is 11.3. The van der Waals surface area contributed by atoms with Crippen molar-refractivity contribution < 1.29 is 14.3 Å². The molecule has 4 heteroatoms. The molecule has 1 aliphatic rings. The number of carbonyl (C=O) groups is 2. The molecule has 0 radical (unpaired) electrons. The fraction of sp³-hybridized carbons (Fsp3) is 0.800. The second-order valence-electron chi connectivity index (χ2n) is 3.71. The van der Waals surface area contributed by atoms with Gasteiger partial charge in [0.25, 0.3) is 0 Å². The molecular formula is C10H17NO3. The highest BCUT2D eigenvalue weighted by Gasteiger charge is 2.34. The van der Waals surface area contributed by atoms with E-state index in [0.717, 1.165) is 19.4 Å². The van der Waals surface area contributed by atoms with E-state index < -0.39 is 0 Å². The number of Topliss-reactive ketones (excluding diaryl/α,β-unsaturated/α-hetero) is 1. The normalized spacial score (nSPS) is 24.6. The van der Waals surface area contributed by atoms with E-state index in [9.17, 15) is 9.59 Å². The van der Waals surface area contributed by atoms with Crippen LogP contribution in [0.3, 0.4) is 0 Å². The van der Waals surface area contributed by atoms with Crippen LogP contribution in [0, 0.1) is 0 Å². The number of hydrogen-bond acceptors (Lipinski definition) is 4. The highest BCUT2D eigenvalue weighted by Crippen LogP contribution is 2.21. The van der Waals surface area contributed by atoms with Gasteiger partial charge < -0.3 is 4.74 Å². The Hall–Kier alpha value is -0.900. The van der Waals surface area contributed by atoms with Crippen molar-refractivity contribution >= 4 is 11.8 Å². The smallest absolute Gasteiger partial charge is 0.322 e. The van der Waals surface area contributed by atoms with Crippen molar-refractivity contribution in [2.24, 2.45) is 0 Å². The molecule has 0 bridgehead atoms. The van der Waals surface area contributed by atoms with E-state index in [1.54, 1.807) is 13.8 Å². The standard InChI is InChI=1S/C10H17NO3/c1-7(10(13)14-3)11-6-4-5-9(11)8(2)12/h7,9H,4-6H2,1-3H3. The predicted molar refractivity (Wildman–Crippen MR) is 51.9 cm³/mol. The first kappa shape index (κ1) is 11.2. The largest absolute Gasteiger partial charge is 0.468 e. The summed E-state index contributed by atoms with van der Waals surface area (Å²) in [6.45, 7) is 4.17. The van der Waals surface area contributed by atoms with Crippen molar-refractivity contribution in [3.05, 3.63) is 0 Å². The van der Waals surface area contributed by atoms with E-state index in [1.165, 1.54) is 7.11 Å². The summed E-state index contributed by atoms with van der Waals surface area (Å²) >= 11 is 0. The average molecular weight is 199 g/mol. The molecule has 1 fully saturated rings. The molecule has 0 aliphatic carbocycles. The van der Waals surface area contributed by atoms with Crippen LogP contribution in [-0.4, -0.2) is 42.4 Å². The van der Waals surface area contributed by atoms with E-state index in [-0.39, 0.29) is 23.8 Å². The highest BCUT2D eigenvalue weighted by atomic mass is 16.5. The summed E-state index contributed by atoms with van der Waals surface area (Å²) < 4.78 is 4.66. The van der Waals surface area contributed by atoms with Crippen LogP contribution in [-0.2, 0) is 14.3 Å². The lowest BCUT2D eigenvalue weighted by Gasteiger charge is -2.26. The molecule has 1 saturated heterocycles. The summed E-state index contributed by atoms with van der Waals surface area (Å²) in [6.07, 6.45) is 1.84. The summed E-state index contributed by atoms with van der Waals surface area (Å²) in [6, 6.07) is -0.402. The lowest BCUT2D eigenvalue weighted by molar-refractivity contribution is -0.147. The second-order valence-corrected chi connectivity index (χ2v) is 3.71. The van der Waals surface area contributed by atoms with Crippen LogP contribution in [0.5, 0.6) is 0 Å². The first-order valence-electron chi connectivity index (χ1n) is 4.92. The predicted octanol–water partition coefficient (Wildman–Crippen LogP) is 0.601. The Labute approximate surface area is 84.2 Å². The van der Waals surface area contributed by atoms with Gasteiger partial charge in [-0.15, -0.1) is 0 Å². The SMILES string of the molecule is COC(=O)C(C)N1CCCC1C(C)=O. The summed E-state index contributed by atoms with van der Waals surface area (Å²) in [5, 5.41) is 0. The molecule has 0 amide bonds. The fourth-order valence-electron chi connectivity index (χ4n) is 2.00. The molecule has 1 rings (SSSR count). The van der Waals surface area contributed by atoms with Gasteiger partial charge >= 0.3 is 5.97 Å². The molecule has 2 unspecified atom stereocenters. The van der Waals surface area contributed by atoms with Crippen molar-refractivity contribution in [1.82, 2.24) is 4.90 Å². The Balaban J connectivity index is 2.66. The van der Waals surface area contributed by atoms with Crippen molar-refractivity contribution in [3.63, 3.8) is 0 Å². The van der Waals surface area contributed by atoms with Gasteiger partial charge in [-0.05, 0) is 33.2 Å². The van der Waals surface area contributed by atoms with Gasteiger partial charge in [-0.3, -0.25) is 14.5 Å². The van der Waals surface area contributed by atoms with Crippen molar-refractivity contribution in [3.8, 4) is 0 Å². The highest BCUT2D eigenvalue weighted by molar-refractivity contribution is 5.83. The third-order valence-electron chi connectivity index (χ3n) is 2.80. The van der Waals surface area contributed by atoms with Gasteiger partial charge in [-0.2, -0.15) is 0 Å². The molecule has 0 spiro atoms. The third kappa shape index (κ3) is 2.12. The van der Waals surface area contributed by atoms with Crippen LogP contribution in [0.4, 0.5) is 0 Å². The number of methoxy groups -OCH3 is 1. The molecule has 0 aromatic rings. The van der Waals surface area contributed by atoms with Gasteiger partial charge in [0, 0.05) is 0 Å². The van der Waals surface area contributed by atoms with Gasteiger partial charge in [0.1, 0.15) is 11.8 Å². The van der Waals surface area contributed by atoms with Crippen LogP contribution in [0.2, 0.25) is 0 Å². The van der Waals surface area contributed by atoms with Gasteiger partial charge in [0.15, 0.2) is 0 Å². The zero-order valence-electron chi connectivity index (χ0n) is 8.95. The number of hydrogen-bond donors (Lipinski definition) is 0. The van der Waals surface area contributed by atoms with Crippen LogP contribution < -0.4 is 0 Å². The molecule has 0 aromatic heterocycles. The minimum atomic E-state index is -0.309. The molecule has 1 heterocycles. The van der Waals surface area contributed by atoms with E-state index >= 15 is 0 Å². The van der Waals surface area contributed by atoms with E-state index in [2.05, 4.69) is 4.74 Å². The zero-order chi connectivity index (χ0) is 10.7. The Morgan fingerprint density at radius 1 is 1.50 bits per heavy atom. The minimum absolute atomic E-state index is 0.0934. The fourth-order valence-corrected chi connectivity index (χ4v) is 2.00. The molecule has 0 N–H and O–H groups in total. The zero-order valence-corrected chi connectivity index (χ0v) is 8.95. The summed E-state index contributed by atoms with van der Waals surface area (Å²) in [5.41, 5.74) is 0. The van der Waals surface area contributed by atoms with Crippen LogP contribution >= 0.6 is 0 Å². The Bertz CT molecular complexity index is 240. The number of likely N-dealkylation sites (tertiary alicyclic amines) is 1. The summed E-state index contributed by atoms with van der Waals surface area (Å²) in [7, 11) is 1.37. The lowest BCUT2D eigenvalue weighted by atomic mass is 10.1. The van der Waals surface area contributed by atoms with E-state index in [1.807, 2.05) is 4.90 Å². The van der Waals surface area contributed by atoms with Gasteiger partial charge in [0.2, 0.25) is 0 Å². The molecule has 1 aliphatic heterocycles. The number of rotatable bonds is 3. The molecule has 80 valence electrons. The minimum Gasteiger partial charge on any atom is -0.468 e. The molecule has 2 atom stereocenters. The number of esters is 1. The number of ketones is 1. The van der Waals surface area contributed by atoms with Crippen LogP contribution in [0.25, 0.3) is 0 Å². The average Bonchev–Trinajstić information content (AvgIpc) is 2.63. The maximum absolute atomic E-state index is 11.3. The van der Waals surface area contributed by atoms with Crippen molar-refractivity contribution in [2.75, 3.05) is 13.7 Å². The molecule has 0 aromatic carbocycles. The van der Waals surface area contributed by atoms with Crippen LogP contribution in [0.1, 0.15) is 26.7 Å². The van der Waals surface area contributed by atoms with Gasteiger partial charge in [-0.1, -0.05) is 0 Å². The monoisotopic (exact) mass is 199 g/mol. The number of nitrogens with zero attached hydrogens (tertiary/aromatic N) is 1. The van der Waals surface area contributed by atoms with E-state index in [0.29, 0.717) is 0 Å². The Morgan fingerprint density at radius 2 is 2.14 bits per heavy atom. The topological polar surface area (TPSA) is 46.6 Å². The van der Waals surface area contributed by atoms with E-state index in [4.69, 9.17) is 0 Å². The van der Waals surface area contributed by atoms with Crippen molar-refractivity contribution in [1.29, 1.82) is 0 Å².